The van der Waals surface area contributed by atoms with Crippen molar-refractivity contribution in [3.63, 3.8) is 0 Å². The Morgan fingerprint density at radius 3 is 2.38 bits per heavy atom. The first-order chi connectivity index (χ1) is 12.6. The number of benzene rings is 2. The number of nitrogens with one attached hydrogen (secondary N) is 1. The van der Waals surface area contributed by atoms with Crippen molar-refractivity contribution in [3.8, 4) is 17.2 Å². The molecule has 1 atom stereocenters. The zero-order valence-corrected chi connectivity index (χ0v) is 15.3. The van der Waals surface area contributed by atoms with Crippen LogP contribution >= 0.6 is 0 Å². The van der Waals surface area contributed by atoms with Crippen molar-refractivity contribution in [3.05, 3.63) is 53.8 Å². The van der Waals surface area contributed by atoms with Crippen molar-refractivity contribution in [2.24, 2.45) is 0 Å². The van der Waals surface area contributed by atoms with E-state index in [1.165, 1.54) is 24.3 Å². The lowest BCUT2D eigenvalue weighted by Crippen LogP contribution is -2.38. The number of halogens is 1. The Bertz CT molecular complexity index is 718. The molecule has 5 nitrogen and oxygen atoms in total. The molecule has 2 aromatic carbocycles. The maximum atomic E-state index is 12.9. The molecule has 0 saturated carbocycles. The molecule has 0 bridgehead atoms. The summed E-state index contributed by atoms with van der Waals surface area (Å²) in [5.74, 6) is 1.25. The third-order valence-corrected chi connectivity index (χ3v) is 3.92. The van der Waals surface area contributed by atoms with Crippen LogP contribution in [0.25, 0.3) is 0 Å². The van der Waals surface area contributed by atoms with E-state index < -0.39 is 6.10 Å². The highest BCUT2D eigenvalue weighted by Crippen LogP contribution is 2.27. The van der Waals surface area contributed by atoms with Gasteiger partial charge >= 0.3 is 0 Å². The van der Waals surface area contributed by atoms with Gasteiger partial charge in [0.2, 0.25) is 0 Å². The Labute approximate surface area is 153 Å². The summed E-state index contributed by atoms with van der Waals surface area (Å²) < 4.78 is 29.1. The second-order valence-corrected chi connectivity index (χ2v) is 5.70. The van der Waals surface area contributed by atoms with Crippen molar-refractivity contribution in [1.82, 2.24) is 5.32 Å². The van der Waals surface area contributed by atoms with Crippen LogP contribution in [0, 0.1) is 5.82 Å². The fourth-order valence-electron chi connectivity index (χ4n) is 2.48. The van der Waals surface area contributed by atoms with Crippen LogP contribution in [-0.2, 0) is 11.2 Å². The average Bonchev–Trinajstić information content (AvgIpc) is 2.67. The van der Waals surface area contributed by atoms with Crippen LogP contribution in [0.4, 0.5) is 4.39 Å². The summed E-state index contributed by atoms with van der Waals surface area (Å²) in [5, 5.41) is 2.87. The Kier molecular flexibility index (Phi) is 7.26. The molecule has 0 aromatic heterocycles. The molecule has 2 rings (SSSR count). The van der Waals surface area contributed by atoms with Gasteiger partial charge < -0.3 is 19.5 Å². The van der Waals surface area contributed by atoms with Gasteiger partial charge in [0.25, 0.3) is 5.91 Å². The van der Waals surface area contributed by atoms with Crippen LogP contribution in [0.5, 0.6) is 17.2 Å². The number of carbonyl (C=O) groups is 1. The lowest BCUT2D eigenvalue weighted by molar-refractivity contribution is -0.128. The minimum atomic E-state index is -0.620. The van der Waals surface area contributed by atoms with Crippen LogP contribution in [0.3, 0.4) is 0 Å². The van der Waals surface area contributed by atoms with Gasteiger partial charge in [0.05, 0.1) is 14.2 Å². The first kappa shape index (κ1) is 19.6. The van der Waals surface area contributed by atoms with Crippen molar-refractivity contribution in [2.45, 2.75) is 25.9 Å². The van der Waals surface area contributed by atoms with Gasteiger partial charge in [-0.25, -0.2) is 4.39 Å². The summed E-state index contributed by atoms with van der Waals surface area (Å²) in [6.07, 6.45) is 0.546. The lowest BCUT2D eigenvalue weighted by atomic mass is 10.1. The molecule has 0 spiro atoms. The van der Waals surface area contributed by atoms with Gasteiger partial charge in [-0.2, -0.15) is 0 Å². The molecular formula is C20H24FNO4. The zero-order valence-electron chi connectivity index (χ0n) is 15.3. The van der Waals surface area contributed by atoms with Crippen LogP contribution < -0.4 is 19.5 Å². The largest absolute Gasteiger partial charge is 0.493 e. The second-order valence-electron chi connectivity index (χ2n) is 5.70. The van der Waals surface area contributed by atoms with Crippen molar-refractivity contribution in [1.29, 1.82) is 0 Å². The monoisotopic (exact) mass is 361 g/mol. The minimum Gasteiger partial charge on any atom is -0.493 e. The summed E-state index contributed by atoms with van der Waals surface area (Å²) in [5.41, 5.74) is 1.02. The Hall–Kier alpha value is -2.76. The number of hydrogen-bond donors (Lipinski definition) is 1. The SMILES string of the molecule is CC[C@H](Oc1ccc(F)cc1)C(=O)NCCc1ccc(OC)c(OC)c1. The van der Waals surface area contributed by atoms with Gasteiger partial charge in [-0.05, 0) is 54.8 Å². The number of hydrogen-bond acceptors (Lipinski definition) is 4. The van der Waals surface area contributed by atoms with Crippen molar-refractivity contribution in [2.75, 3.05) is 20.8 Å². The summed E-state index contributed by atoms with van der Waals surface area (Å²) in [7, 11) is 3.17. The molecular weight excluding hydrogens is 337 g/mol. The van der Waals surface area contributed by atoms with E-state index in [-0.39, 0.29) is 11.7 Å². The number of ether oxygens (including phenoxy) is 3. The molecule has 2 aromatic rings. The van der Waals surface area contributed by atoms with Crippen LogP contribution in [0.15, 0.2) is 42.5 Å². The first-order valence-electron chi connectivity index (χ1n) is 8.48. The first-order valence-corrected chi connectivity index (χ1v) is 8.48. The Balaban J connectivity index is 1.87. The quantitative estimate of drug-likeness (QED) is 0.744. The summed E-state index contributed by atoms with van der Waals surface area (Å²) in [4.78, 5) is 12.3. The molecule has 26 heavy (non-hydrogen) atoms. The van der Waals surface area contributed by atoms with Crippen molar-refractivity contribution >= 4 is 5.91 Å². The highest BCUT2D eigenvalue weighted by atomic mass is 19.1. The van der Waals surface area contributed by atoms with E-state index in [4.69, 9.17) is 14.2 Å². The van der Waals surface area contributed by atoms with Gasteiger partial charge in [0.15, 0.2) is 17.6 Å². The lowest BCUT2D eigenvalue weighted by Gasteiger charge is -2.17. The smallest absolute Gasteiger partial charge is 0.261 e. The fraction of sp³-hybridized carbons (Fsp3) is 0.350. The molecule has 1 amide bonds. The van der Waals surface area contributed by atoms with Crippen LogP contribution in [0.1, 0.15) is 18.9 Å². The molecule has 0 radical (unpaired) electrons. The van der Waals surface area contributed by atoms with Gasteiger partial charge in [0, 0.05) is 6.54 Å². The molecule has 0 saturated heterocycles. The highest BCUT2D eigenvalue weighted by Gasteiger charge is 2.18. The average molecular weight is 361 g/mol. The van der Waals surface area contributed by atoms with Gasteiger partial charge in [0.1, 0.15) is 11.6 Å². The van der Waals surface area contributed by atoms with Gasteiger partial charge in [-0.3, -0.25) is 4.79 Å². The molecule has 0 aliphatic rings. The van der Waals surface area contributed by atoms with Crippen LogP contribution in [0.2, 0.25) is 0 Å². The van der Waals surface area contributed by atoms with E-state index in [0.717, 1.165) is 5.56 Å². The Morgan fingerprint density at radius 1 is 1.08 bits per heavy atom. The fourth-order valence-corrected chi connectivity index (χ4v) is 2.48. The van der Waals surface area contributed by atoms with E-state index >= 15 is 0 Å². The molecule has 6 heteroatoms. The molecule has 140 valence electrons. The number of carbonyl (C=O) groups excluding carboxylic acids is 1. The van der Waals surface area contributed by atoms with E-state index in [9.17, 15) is 9.18 Å². The van der Waals surface area contributed by atoms with E-state index in [2.05, 4.69) is 5.32 Å². The molecule has 0 heterocycles. The minimum absolute atomic E-state index is 0.197. The standard InChI is InChI=1S/C20H24FNO4/c1-4-17(26-16-8-6-15(21)7-9-16)20(23)22-12-11-14-5-10-18(24-2)19(13-14)25-3/h5-10,13,17H,4,11-12H2,1-3H3,(H,22,23)/t17-/m0/s1. The van der Waals surface area contributed by atoms with E-state index in [1.807, 2.05) is 25.1 Å². The third-order valence-electron chi connectivity index (χ3n) is 3.92. The summed E-state index contributed by atoms with van der Waals surface area (Å²) >= 11 is 0. The molecule has 0 fully saturated rings. The normalized spacial score (nSPS) is 11.5. The maximum Gasteiger partial charge on any atom is 0.261 e. The predicted molar refractivity (Wildman–Crippen MR) is 97.4 cm³/mol. The van der Waals surface area contributed by atoms with E-state index in [1.54, 1.807) is 14.2 Å². The highest BCUT2D eigenvalue weighted by molar-refractivity contribution is 5.81. The number of methoxy groups -OCH3 is 2. The zero-order chi connectivity index (χ0) is 18.9. The van der Waals surface area contributed by atoms with Crippen LogP contribution in [-0.4, -0.2) is 32.8 Å². The van der Waals surface area contributed by atoms with Gasteiger partial charge in [-0.15, -0.1) is 0 Å². The van der Waals surface area contributed by atoms with Gasteiger partial charge in [-0.1, -0.05) is 13.0 Å². The predicted octanol–water partition coefficient (Wildman–Crippen LogP) is 3.36. The number of rotatable bonds is 9. The number of amides is 1. The molecule has 0 aliphatic carbocycles. The van der Waals surface area contributed by atoms with E-state index in [0.29, 0.717) is 36.6 Å². The topological polar surface area (TPSA) is 56.8 Å². The third kappa shape index (κ3) is 5.37. The molecule has 0 unspecified atom stereocenters. The Morgan fingerprint density at radius 2 is 1.77 bits per heavy atom. The second kappa shape index (κ2) is 9.65. The van der Waals surface area contributed by atoms with Crippen molar-refractivity contribution < 1.29 is 23.4 Å². The summed E-state index contributed by atoms with van der Waals surface area (Å²) in [6, 6.07) is 11.3. The maximum absolute atomic E-state index is 12.9. The summed E-state index contributed by atoms with van der Waals surface area (Å²) in [6.45, 7) is 2.33. The molecule has 1 N–H and O–H groups in total. The molecule has 0 aliphatic heterocycles.